The van der Waals surface area contributed by atoms with Crippen molar-refractivity contribution in [3.8, 4) is 0 Å². The summed E-state index contributed by atoms with van der Waals surface area (Å²) in [6, 6.07) is 0. The van der Waals surface area contributed by atoms with Gasteiger partial charge in [-0.05, 0) is 58.3 Å². The molecule has 1 saturated carbocycles. The fourth-order valence-electron chi connectivity index (χ4n) is 4.55. The van der Waals surface area contributed by atoms with E-state index in [-0.39, 0.29) is 24.8 Å². The van der Waals surface area contributed by atoms with Crippen LogP contribution in [-0.4, -0.2) is 51.5 Å². The van der Waals surface area contributed by atoms with Crippen LogP contribution in [0.2, 0.25) is 0 Å². The van der Waals surface area contributed by atoms with Crippen LogP contribution in [0.3, 0.4) is 0 Å². The van der Waals surface area contributed by atoms with Crippen LogP contribution in [0.15, 0.2) is 0 Å². The Morgan fingerprint density at radius 3 is 2.17 bits per heavy atom. The molecule has 2 rings (SSSR count). The van der Waals surface area contributed by atoms with Gasteiger partial charge in [-0.3, -0.25) is 4.79 Å². The van der Waals surface area contributed by atoms with E-state index in [1.165, 1.54) is 4.90 Å². The van der Waals surface area contributed by atoms with Crippen molar-refractivity contribution in [2.24, 2.45) is 17.3 Å². The Hall–Kier alpha value is -1.30. The number of carboxylic acid groups (broad SMARTS) is 1. The first-order valence-electron chi connectivity index (χ1n) is 8.82. The van der Waals surface area contributed by atoms with Gasteiger partial charge in [-0.15, -0.1) is 0 Å². The summed E-state index contributed by atoms with van der Waals surface area (Å²) >= 11 is 0. The molecule has 0 bridgehead atoms. The van der Waals surface area contributed by atoms with Gasteiger partial charge in [0.2, 0.25) is 0 Å². The third kappa shape index (κ3) is 3.53. The average Bonchev–Trinajstić information content (AvgIpc) is 2.79. The molecule has 3 unspecified atom stereocenters. The van der Waals surface area contributed by atoms with Gasteiger partial charge in [-0.1, -0.05) is 13.8 Å². The number of aliphatic carboxylic acids is 1. The average molecular weight is 341 g/mol. The number of aliphatic hydroxyl groups is 1. The van der Waals surface area contributed by atoms with E-state index < -0.39 is 28.7 Å². The Bertz CT molecular complexity index is 502. The molecule has 138 valence electrons. The topological polar surface area (TPSA) is 87.1 Å². The number of β-amino-alcohol motifs (C(OH)–C–C–N with tert-alkyl or cyclic N) is 1. The van der Waals surface area contributed by atoms with Crippen LogP contribution in [0.1, 0.15) is 60.3 Å². The van der Waals surface area contributed by atoms with Crippen molar-refractivity contribution >= 4 is 12.1 Å². The molecule has 0 aromatic rings. The van der Waals surface area contributed by atoms with Crippen molar-refractivity contribution in [1.29, 1.82) is 0 Å². The molecule has 1 aliphatic heterocycles. The van der Waals surface area contributed by atoms with E-state index in [0.29, 0.717) is 19.4 Å². The highest BCUT2D eigenvalue weighted by molar-refractivity contribution is 5.77. The van der Waals surface area contributed by atoms with Crippen LogP contribution in [0, 0.1) is 17.3 Å². The Morgan fingerprint density at radius 2 is 1.71 bits per heavy atom. The van der Waals surface area contributed by atoms with E-state index in [4.69, 9.17) is 4.74 Å². The zero-order chi connectivity index (χ0) is 18.3. The van der Waals surface area contributed by atoms with Crippen LogP contribution in [0.25, 0.3) is 0 Å². The SMILES string of the molecule is CC1CC(C)CC(C(=O)O)(C2(O)CCN(C(=O)OC(C)(C)C)C2)C1. The number of carbonyl (C=O) groups excluding carboxylic acids is 1. The lowest BCUT2D eigenvalue weighted by molar-refractivity contribution is -0.178. The van der Waals surface area contributed by atoms with Crippen LogP contribution >= 0.6 is 0 Å². The molecule has 2 fully saturated rings. The van der Waals surface area contributed by atoms with Gasteiger partial charge in [0.25, 0.3) is 0 Å². The van der Waals surface area contributed by atoms with Gasteiger partial charge >= 0.3 is 12.1 Å². The molecule has 0 aromatic heterocycles. The van der Waals surface area contributed by atoms with Gasteiger partial charge < -0.3 is 19.8 Å². The van der Waals surface area contributed by atoms with E-state index in [1.54, 1.807) is 20.8 Å². The predicted molar refractivity (Wildman–Crippen MR) is 89.6 cm³/mol. The molecule has 3 atom stereocenters. The molecule has 6 heteroatoms. The highest BCUT2D eigenvalue weighted by Crippen LogP contribution is 2.52. The molecule has 0 spiro atoms. The summed E-state index contributed by atoms with van der Waals surface area (Å²) in [4.78, 5) is 25.9. The first-order valence-corrected chi connectivity index (χ1v) is 8.82. The largest absolute Gasteiger partial charge is 0.481 e. The van der Waals surface area contributed by atoms with Crippen molar-refractivity contribution in [2.75, 3.05) is 13.1 Å². The monoisotopic (exact) mass is 341 g/mol. The van der Waals surface area contributed by atoms with Crippen molar-refractivity contribution in [1.82, 2.24) is 4.90 Å². The maximum atomic E-state index is 12.3. The maximum absolute atomic E-state index is 12.3. The quantitative estimate of drug-likeness (QED) is 0.806. The summed E-state index contributed by atoms with van der Waals surface area (Å²) in [5, 5.41) is 21.2. The van der Waals surface area contributed by atoms with Gasteiger partial charge in [0.15, 0.2) is 0 Å². The number of ether oxygens (including phenoxy) is 1. The van der Waals surface area contributed by atoms with Crippen LogP contribution in [0.4, 0.5) is 4.79 Å². The number of amides is 1. The number of rotatable bonds is 2. The van der Waals surface area contributed by atoms with Gasteiger partial charge in [0.05, 0.1) is 12.0 Å². The van der Waals surface area contributed by atoms with Crippen molar-refractivity contribution < 1.29 is 24.5 Å². The number of hydrogen-bond acceptors (Lipinski definition) is 4. The molecule has 1 aliphatic carbocycles. The standard InChI is InChI=1S/C18H31NO5/c1-12-8-13(2)10-17(9-12,14(20)21)18(23)6-7-19(11-18)15(22)24-16(3,4)5/h12-13,23H,6-11H2,1-5H3,(H,20,21). The van der Waals surface area contributed by atoms with E-state index in [0.717, 1.165) is 6.42 Å². The summed E-state index contributed by atoms with van der Waals surface area (Å²) in [5.74, 6) is -0.469. The summed E-state index contributed by atoms with van der Waals surface area (Å²) in [5.41, 5.74) is -3.21. The van der Waals surface area contributed by atoms with E-state index in [1.807, 2.05) is 13.8 Å². The molecule has 24 heavy (non-hydrogen) atoms. The zero-order valence-corrected chi connectivity index (χ0v) is 15.5. The fourth-order valence-corrected chi connectivity index (χ4v) is 4.55. The van der Waals surface area contributed by atoms with E-state index in [9.17, 15) is 19.8 Å². The molecular weight excluding hydrogens is 310 g/mol. The summed E-state index contributed by atoms with van der Waals surface area (Å²) in [7, 11) is 0. The van der Waals surface area contributed by atoms with Gasteiger partial charge in [-0.2, -0.15) is 0 Å². The number of carboxylic acids is 1. The van der Waals surface area contributed by atoms with Crippen molar-refractivity contribution in [3.05, 3.63) is 0 Å². The van der Waals surface area contributed by atoms with Gasteiger partial charge in [-0.25, -0.2) is 4.79 Å². The number of hydrogen-bond donors (Lipinski definition) is 2. The minimum Gasteiger partial charge on any atom is -0.481 e. The number of likely N-dealkylation sites (tertiary alicyclic amines) is 1. The second-order valence-corrected chi connectivity index (χ2v) is 8.93. The summed E-state index contributed by atoms with van der Waals surface area (Å²) < 4.78 is 5.37. The molecule has 0 aromatic carbocycles. The van der Waals surface area contributed by atoms with Gasteiger partial charge in [0, 0.05) is 6.54 Å². The molecule has 1 amide bonds. The number of nitrogens with zero attached hydrogens (tertiary/aromatic N) is 1. The highest BCUT2D eigenvalue weighted by Gasteiger charge is 2.61. The van der Waals surface area contributed by atoms with Crippen molar-refractivity contribution in [2.45, 2.75) is 71.5 Å². The Balaban J connectivity index is 2.22. The normalized spacial score (nSPS) is 37.3. The lowest BCUT2D eigenvalue weighted by Gasteiger charge is -2.48. The third-order valence-corrected chi connectivity index (χ3v) is 5.40. The molecule has 1 heterocycles. The first-order chi connectivity index (χ1) is 10.9. The molecule has 1 saturated heterocycles. The van der Waals surface area contributed by atoms with Crippen molar-refractivity contribution in [3.63, 3.8) is 0 Å². The molecule has 2 aliphatic rings. The second-order valence-electron chi connectivity index (χ2n) is 8.93. The smallest absolute Gasteiger partial charge is 0.410 e. The molecule has 2 N–H and O–H groups in total. The summed E-state index contributed by atoms with van der Waals surface area (Å²) in [6.45, 7) is 9.79. The maximum Gasteiger partial charge on any atom is 0.410 e. The Labute approximate surface area is 144 Å². The van der Waals surface area contributed by atoms with E-state index >= 15 is 0 Å². The van der Waals surface area contributed by atoms with Crippen LogP contribution in [0.5, 0.6) is 0 Å². The first kappa shape index (κ1) is 19.0. The molecule has 0 radical (unpaired) electrons. The highest BCUT2D eigenvalue weighted by atomic mass is 16.6. The lowest BCUT2D eigenvalue weighted by Crippen LogP contribution is -2.58. The summed E-state index contributed by atoms with van der Waals surface area (Å²) in [6.07, 6.45) is 1.66. The zero-order valence-electron chi connectivity index (χ0n) is 15.5. The number of carbonyl (C=O) groups is 2. The van der Waals surface area contributed by atoms with Gasteiger partial charge in [0.1, 0.15) is 11.2 Å². The minimum absolute atomic E-state index is 0.0215. The lowest BCUT2D eigenvalue weighted by atomic mass is 9.58. The third-order valence-electron chi connectivity index (χ3n) is 5.40. The van der Waals surface area contributed by atoms with Crippen LogP contribution in [-0.2, 0) is 9.53 Å². The molecular formula is C18H31NO5. The fraction of sp³-hybridized carbons (Fsp3) is 0.889. The predicted octanol–water partition coefficient (Wildman–Crippen LogP) is 2.89. The Kier molecular flexibility index (Phi) is 4.92. The second kappa shape index (κ2) is 6.21. The minimum atomic E-state index is -1.40. The van der Waals surface area contributed by atoms with Crippen LogP contribution < -0.4 is 0 Å². The molecule has 6 nitrogen and oxygen atoms in total. The Morgan fingerprint density at radius 1 is 1.17 bits per heavy atom. The van der Waals surface area contributed by atoms with E-state index in [2.05, 4.69) is 0 Å².